The Morgan fingerprint density at radius 2 is 2.26 bits per heavy atom. The number of piperidine rings is 1. The zero-order valence-corrected chi connectivity index (χ0v) is 12.2. The summed E-state index contributed by atoms with van der Waals surface area (Å²) in [5.41, 5.74) is 0. The Morgan fingerprint density at radius 1 is 1.53 bits per heavy atom. The molecule has 19 heavy (non-hydrogen) atoms. The normalized spacial score (nSPS) is 19.3. The van der Waals surface area contributed by atoms with Crippen LogP contribution >= 0.6 is 0 Å². The molecule has 1 fully saturated rings. The van der Waals surface area contributed by atoms with Gasteiger partial charge in [0.25, 0.3) is 0 Å². The molecule has 1 aliphatic heterocycles. The molecule has 2 N–H and O–H groups in total. The molecule has 0 aliphatic carbocycles. The highest BCUT2D eigenvalue weighted by molar-refractivity contribution is 5.88. The first-order chi connectivity index (χ1) is 9.13. The van der Waals surface area contributed by atoms with Crippen LogP contribution in [-0.4, -0.2) is 42.3 Å². The molecule has 0 unspecified atom stereocenters. The van der Waals surface area contributed by atoms with Crippen LogP contribution < -0.4 is 10.6 Å². The van der Waals surface area contributed by atoms with Gasteiger partial charge in [-0.05, 0) is 33.4 Å². The van der Waals surface area contributed by atoms with Gasteiger partial charge >= 0.3 is 6.03 Å². The zero-order valence-electron chi connectivity index (χ0n) is 12.2. The number of amides is 2. The SMILES string of the molecule is CC.Cc1cc(NC(=O)N[C@@H]2CCCN(C)C2)no1. The van der Waals surface area contributed by atoms with E-state index in [2.05, 4.69) is 27.7 Å². The van der Waals surface area contributed by atoms with Crippen molar-refractivity contribution in [1.82, 2.24) is 15.4 Å². The Balaban J connectivity index is 0.000000861. The number of anilines is 1. The zero-order chi connectivity index (χ0) is 14.3. The first-order valence-electron chi connectivity index (χ1n) is 6.83. The van der Waals surface area contributed by atoms with Crippen LogP contribution in [0.1, 0.15) is 32.4 Å². The van der Waals surface area contributed by atoms with Crippen LogP contribution in [0.5, 0.6) is 0 Å². The van der Waals surface area contributed by atoms with E-state index >= 15 is 0 Å². The summed E-state index contributed by atoms with van der Waals surface area (Å²) in [5, 5.41) is 9.29. The highest BCUT2D eigenvalue weighted by Crippen LogP contribution is 2.09. The smallest absolute Gasteiger partial charge is 0.320 e. The lowest BCUT2D eigenvalue weighted by atomic mass is 10.1. The Bertz CT molecular complexity index is 392. The third-order valence-corrected chi connectivity index (χ3v) is 2.83. The summed E-state index contributed by atoms with van der Waals surface area (Å²) in [4.78, 5) is 13.9. The number of likely N-dealkylation sites (tertiary alicyclic amines) is 1. The lowest BCUT2D eigenvalue weighted by Crippen LogP contribution is -2.47. The number of aryl methyl sites for hydroxylation is 1. The lowest BCUT2D eigenvalue weighted by molar-refractivity contribution is 0.216. The number of hydrogen-bond donors (Lipinski definition) is 2. The van der Waals surface area contributed by atoms with E-state index in [-0.39, 0.29) is 12.1 Å². The fraction of sp³-hybridized carbons (Fsp3) is 0.692. The summed E-state index contributed by atoms with van der Waals surface area (Å²) in [6, 6.07) is 1.67. The number of likely N-dealkylation sites (N-methyl/N-ethyl adjacent to an activating group) is 1. The predicted octanol–water partition coefficient (Wildman–Crippen LogP) is 2.22. The molecular weight excluding hydrogens is 244 g/mol. The molecule has 2 amide bonds. The number of urea groups is 1. The standard InChI is InChI=1S/C11H18N4O2.C2H6/c1-8-6-10(14-17-8)13-11(16)12-9-4-3-5-15(2)7-9;1-2/h6,9H,3-5,7H2,1-2H3,(H2,12,13,14,16);1-2H3/t9-;/m1./s1. The monoisotopic (exact) mass is 268 g/mol. The number of rotatable bonds is 2. The molecule has 1 atom stereocenters. The highest BCUT2D eigenvalue weighted by Gasteiger charge is 2.19. The van der Waals surface area contributed by atoms with Gasteiger partial charge in [-0.3, -0.25) is 5.32 Å². The van der Waals surface area contributed by atoms with Gasteiger partial charge in [-0.2, -0.15) is 0 Å². The largest absolute Gasteiger partial charge is 0.360 e. The fourth-order valence-electron chi connectivity index (χ4n) is 2.05. The van der Waals surface area contributed by atoms with E-state index in [0.29, 0.717) is 11.6 Å². The van der Waals surface area contributed by atoms with E-state index in [0.717, 1.165) is 25.9 Å². The van der Waals surface area contributed by atoms with Gasteiger partial charge in [0.1, 0.15) is 5.76 Å². The Morgan fingerprint density at radius 3 is 2.84 bits per heavy atom. The van der Waals surface area contributed by atoms with E-state index in [1.807, 2.05) is 13.8 Å². The summed E-state index contributed by atoms with van der Waals surface area (Å²) >= 11 is 0. The Labute approximate surface area is 114 Å². The van der Waals surface area contributed by atoms with Crippen LogP contribution in [-0.2, 0) is 0 Å². The molecule has 108 valence electrons. The third-order valence-electron chi connectivity index (χ3n) is 2.83. The molecule has 1 aliphatic rings. The van der Waals surface area contributed by atoms with Crippen LogP contribution in [0.4, 0.5) is 10.6 Å². The van der Waals surface area contributed by atoms with Crippen molar-refractivity contribution >= 4 is 11.8 Å². The van der Waals surface area contributed by atoms with Crippen molar-refractivity contribution in [2.75, 3.05) is 25.5 Å². The third kappa shape index (κ3) is 5.30. The molecule has 6 nitrogen and oxygen atoms in total. The average Bonchev–Trinajstić information content (AvgIpc) is 2.77. The molecule has 1 aromatic heterocycles. The van der Waals surface area contributed by atoms with Gasteiger partial charge in [-0.15, -0.1) is 0 Å². The van der Waals surface area contributed by atoms with Gasteiger partial charge in [-0.1, -0.05) is 19.0 Å². The summed E-state index contributed by atoms with van der Waals surface area (Å²) < 4.78 is 4.87. The first kappa shape index (κ1) is 15.5. The van der Waals surface area contributed by atoms with Crippen LogP contribution in [0, 0.1) is 6.92 Å². The van der Waals surface area contributed by atoms with Crippen molar-refractivity contribution < 1.29 is 9.32 Å². The molecule has 2 heterocycles. The molecule has 0 bridgehead atoms. The second-order valence-electron chi connectivity index (χ2n) is 4.52. The molecule has 0 aromatic carbocycles. The quantitative estimate of drug-likeness (QED) is 0.863. The maximum absolute atomic E-state index is 11.7. The van der Waals surface area contributed by atoms with Crippen molar-refractivity contribution in [2.24, 2.45) is 0 Å². The topological polar surface area (TPSA) is 70.4 Å². The van der Waals surface area contributed by atoms with Crippen LogP contribution in [0.15, 0.2) is 10.6 Å². The fourth-order valence-corrected chi connectivity index (χ4v) is 2.05. The molecule has 1 saturated heterocycles. The number of carbonyl (C=O) groups is 1. The van der Waals surface area contributed by atoms with Crippen molar-refractivity contribution in [1.29, 1.82) is 0 Å². The van der Waals surface area contributed by atoms with E-state index in [1.165, 1.54) is 0 Å². The maximum atomic E-state index is 11.7. The first-order valence-corrected chi connectivity index (χ1v) is 6.83. The van der Waals surface area contributed by atoms with Crippen molar-refractivity contribution in [2.45, 2.75) is 39.7 Å². The number of hydrogen-bond acceptors (Lipinski definition) is 4. The number of carbonyl (C=O) groups excluding carboxylic acids is 1. The minimum atomic E-state index is -0.224. The molecule has 1 aromatic rings. The molecule has 6 heteroatoms. The summed E-state index contributed by atoms with van der Waals surface area (Å²) in [5.74, 6) is 1.13. The van der Waals surface area contributed by atoms with Crippen LogP contribution in [0.25, 0.3) is 0 Å². The van der Waals surface area contributed by atoms with Gasteiger partial charge in [0.15, 0.2) is 5.82 Å². The van der Waals surface area contributed by atoms with Gasteiger partial charge in [-0.25, -0.2) is 4.79 Å². The number of aromatic nitrogens is 1. The second-order valence-corrected chi connectivity index (χ2v) is 4.52. The van der Waals surface area contributed by atoms with Crippen LogP contribution in [0.2, 0.25) is 0 Å². The Hall–Kier alpha value is -1.56. The summed E-state index contributed by atoms with van der Waals surface area (Å²) in [6.45, 7) is 7.78. The maximum Gasteiger partial charge on any atom is 0.320 e. The minimum Gasteiger partial charge on any atom is -0.360 e. The average molecular weight is 268 g/mol. The molecule has 0 saturated carbocycles. The van der Waals surface area contributed by atoms with Gasteiger partial charge in [0.2, 0.25) is 0 Å². The molecular formula is C13H24N4O2. The van der Waals surface area contributed by atoms with Gasteiger partial charge < -0.3 is 14.7 Å². The van der Waals surface area contributed by atoms with E-state index in [1.54, 1.807) is 13.0 Å². The van der Waals surface area contributed by atoms with E-state index in [4.69, 9.17) is 4.52 Å². The lowest BCUT2D eigenvalue weighted by Gasteiger charge is -2.30. The Kier molecular flexibility index (Phi) is 6.35. The molecule has 0 spiro atoms. The minimum absolute atomic E-state index is 0.210. The van der Waals surface area contributed by atoms with Gasteiger partial charge in [0, 0.05) is 18.7 Å². The molecule has 2 rings (SSSR count). The summed E-state index contributed by atoms with van der Waals surface area (Å²) in [7, 11) is 2.06. The van der Waals surface area contributed by atoms with Crippen molar-refractivity contribution in [3.63, 3.8) is 0 Å². The molecule has 0 radical (unpaired) electrons. The van der Waals surface area contributed by atoms with Crippen molar-refractivity contribution in [3.8, 4) is 0 Å². The number of nitrogens with zero attached hydrogens (tertiary/aromatic N) is 2. The predicted molar refractivity (Wildman–Crippen MR) is 75.3 cm³/mol. The van der Waals surface area contributed by atoms with Crippen LogP contribution in [0.3, 0.4) is 0 Å². The van der Waals surface area contributed by atoms with Gasteiger partial charge in [0.05, 0.1) is 0 Å². The number of nitrogens with one attached hydrogen (secondary N) is 2. The summed E-state index contributed by atoms with van der Waals surface area (Å²) in [6.07, 6.45) is 2.14. The van der Waals surface area contributed by atoms with E-state index < -0.39 is 0 Å². The highest BCUT2D eigenvalue weighted by atomic mass is 16.5. The second kappa shape index (κ2) is 7.78. The van der Waals surface area contributed by atoms with E-state index in [9.17, 15) is 4.79 Å². The van der Waals surface area contributed by atoms with Crippen molar-refractivity contribution in [3.05, 3.63) is 11.8 Å².